The summed E-state index contributed by atoms with van der Waals surface area (Å²) in [5.74, 6) is 0. The normalized spacial score (nSPS) is 21.2. The summed E-state index contributed by atoms with van der Waals surface area (Å²) >= 11 is 0. The standard InChI is InChI=1S/C36H46B2O4/c1-32(2,3)28-18-14-26(15-19-28)31(27-16-22-30(23-17-27)38-41-35(8,9)36(10,11)42-38)24-25-12-20-29(21-13-25)37-39-33(4,5)34(6,7)40-37/h12-24H,1-11H3/b31-24+. The van der Waals surface area contributed by atoms with Gasteiger partial charge in [-0.2, -0.15) is 0 Å². The van der Waals surface area contributed by atoms with Gasteiger partial charge in [0.05, 0.1) is 22.4 Å². The van der Waals surface area contributed by atoms with E-state index in [1.807, 2.05) is 0 Å². The smallest absolute Gasteiger partial charge is 0.399 e. The first kappa shape index (κ1) is 30.8. The summed E-state index contributed by atoms with van der Waals surface area (Å²) in [7, 11) is -0.759. The van der Waals surface area contributed by atoms with Crippen LogP contribution in [-0.4, -0.2) is 36.6 Å². The van der Waals surface area contributed by atoms with E-state index in [-0.39, 0.29) is 42.1 Å². The monoisotopic (exact) mass is 564 g/mol. The Morgan fingerprint density at radius 3 is 1.21 bits per heavy atom. The average Bonchev–Trinajstić information content (AvgIpc) is 3.26. The third kappa shape index (κ3) is 5.92. The van der Waals surface area contributed by atoms with Gasteiger partial charge in [0.1, 0.15) is 0 Å². The Balaban J connectivity index is 1.47. The first-order valence-corrected chi connectivity index (χ1v) is 15.1. The number of hydrogen-bond donors (Lipinski definition) is 0. The van der Waals surface area contributed by atoms with Crippen molar-refractivity contribution in [2.45, 2.75) is 104 Å². The number of benzene rings is 3. The van der Waals surface area contributed by atoms with Crippen molar-refractivity contribution in [3.63, 3.8) is 0 Å². The Morgan fingerprint density at radius 2 is 0.857 bits per heavy atom. The number of hydrogen-bond acceptors (Lipinski definition) is 4. The summed E-state index contributed by atoms with van der Waals surface area (Å²) in [4.78, 5) is 0. The zero-order chi connectivity index (χ0) is 30.7. The lowest BCUT2D eigenvalue weighted by Crippen LogP contribution is -2.41. The summed E-state index contributed by atoms with van der Waals surface area (Å²) in [5.41, 5.74) is 6.54. The molecule has 3 aromatic carbocycles. The molecule has 0 N–H and O–H groups in total. The summed E-state index contributed by atoms with van der Waals surface area (Å²) in [6.45, 7) is 23.4. The molecule has 2 aliphatic heterocycles. The van der Waals surface area contributed by atoms with Crippen LogP contribution in [0.3, 0.4) is 0 Å². The molecule has 42 heavy (non-hydrogen) atoms. The largest absolute Gasteiger partial charge is 0.494 e. The summed E-state index contributed by atoms with van der Waals surface area (Å²) in [6.07, 6.45) is 2.25. The van der Waals surface area contributed by atoms with Gasteiger partial charge >= 0.3 is 14.2 Å². The molecule has 220 valence electrons. The SMILES string of the molecule is CC(C)(C)c1ccc(/C(=C\c2ccc(B3OC(C)(C)C(C)(C)O3)cc2)c2ccc(B3OC(C)(C)C(C)(C)O3)cc2)cc1. The Kier molecular flexibility index (Phi) is 7.72. The second-order valence-corrected chi connectivity index (χ2v) is 14.9. The highest BCUT2D eigenvalue weighted by molar-refractivity contribution is 6.62. The van der Waals surface area contributed by atoms with Gasteiger partial charge < -0.3 is 18.6 Å². The van der Waals surface area contributed by atoms with Crippen molar-refractivity contribution in [2.24, 2.45) is 0 Å². The summed E-state index contributed by atoms with van der Waals surface area (Å²) in [6, 6.07) is 26.0. The summed E-state index contributed by atoms with van der Waals surface area (Å²) in [5, 5.41) is 0. The molecule has 0 unspecified atom stereocenters. The number of rotatable bonds is 5. The van der Waals surface area contributed by atoms with Crippen LogP contribution in [0.25, 0.3) is 11.6 Å². The minimum atomic E-state index is -0.384. The van der Waals surface area contributed by atoms with Gasteiger partial charge in [-0.15, -0.1) is 0 Å². The first-order valence-electron chi connectivity index (χ1n) is 15.1. The fraction of sp³-hybridized carbons (Fsp3) is 0.444. The van der Waals surface area contributed by atoms with Crippen LogP contribution in [0.1, 0.15) is 98.4 Å². The molecule has 0 aromatic heterocycles. The fourth-order valence-corrected chi connectivity index (χ4v) is 5.18. The predicted octanol–water partition coefficient (Wildman–Crippen LogP) is 7.17. The lowest BCUT2D eigenvalue weighted by atomic mass is 9.78. The van der Waals surface area contributed by atoms with Crippen LogP contribution < -0.4 is 10.9 Å². The van der Waals surface area contributed by atoms with Crippen LogP contribution >= 0.6 is 0 Å². The maximum atomic E-state index is 6.30. The predicted molar refractivity (Wildman–Crippen MR) is 176 cm³/mol. The Hall–Kier alpha value is -2.63. The van der Waals surface area contributed by atoms with Crippen LogP contribution in [0.2, 0.25) is 0 Å². The minimum Gasteiger partial charge on any atom is -0.399 e. The molecule has 6 heteroatoms. The molecule has 0 spiro atoms. The van der Waals surface area contributed by atoms with E-state index in [1.165, 1.54) is 11.1 Å². The molecule has 4 nitrogen and oxygen atoms in total. The second kappa shape index (κ2) is 10.5. The van der Waals surface area contributed by atoms with E-state index >= 15 is 0 Å². The quantitative estimate of drug-likeness (QED) is 0.243. The molecule has 2 saturated heterocycles. The zero-order valence-corrected chi connectivity index (χ0v) is 27.3. The van der Waals surface area contributed by atoms with Crippen LogP contribution in [0.5, 0.6) is 0 Å². The molecule has 0 atom stereocenters. The van der Waals surface area contributed by atoms with Gasteiger partial charge in [0.2, 0.25) is 0 Å². The van der Waals surface area contributed by atoms with Crippen LogP contribution in [0.15, 0.2) is 72.8 Å². The lowest BCUT2D eigenvalue weighted by molar-refractivity contribution is 0.00578. The third-order valence-corrected chi connectivity index (χ3v) is 9.58. The van der Waals surface area contributed by atoms with Gasteiger partial charge in [0, 0.05) is 0 Å². The van der Waals surface area contributed by atoms with E-state index < -0.39 is 0 Å². The highest BCUT2D eigenvalue weighted by Gasteiger charge is 2.52. The van der Waals surface area contributed by atoms with Crippen LogP contribution in [0, 0.1) is 0 Å². The maximum Gasteiger partial charge on any atom is 0.494 e. The fourth-order valence-electron chi connectivity index (χ4n) is 5.18. The van der Waals surface area contributed by atoms with Gasteiger partial charge in [-0.25, -0.2) is 0 Å². The van der Waals surface area contributed by atoms with Crippen LogP contribution in [-0.2, 0) is 24.0 Å². The van der Waals surface area contributed by atoms with E-state index in [1.54, 1.807) is 0 Å². The highest BCUT2D eigenvalue weighted by Crippen LogP contribution is 2.38. The first-order chi connectivity index (χ1) is 19.4. The van der Waals surface area contributed by atoms with E-state index in [9.17, 15) is 0 Å². The molecule has 5 rings (SSSR count). The maximum absolute atomic E-state index is 6.30. The lowest BCUT2D eigenvalue weighted by Gasteiger charge is -2.32. The van der Waals surface area contributed by atoms with Gasteiger partial charge in [-0.3, -0.25) is 0 Å². The van der Waals surface area contributed by atoms with E-state index in [4.69, 9.17) is 18.6 Å². The van der Waals surface area contributed by atoms with Crippen molar-refractivity contribution in [1.29, 1.82) is 0 Å². The van der Waals surface area contributed by atoms with Gasteiger partial charge in [-0.1, -0.05) is 93.6 Å². The minimum absolute atomic E-state index is 0.0935. The van der Waals surface area contributed by atoms with E-state index in [0.29, 0.717) is 0 Å². The highest BCUT2D eigenvalue weighted by atomic mass is 16.7. The zero-order valence-electron chi connectivity index (χ0n) is 27.3. The Morgan fingerprint density at radius 1 is 0.524 bits per heavy atom. The van der Waals surface area contributed by atoms with E-state index in [2.05, 4.69) is 155 Å². The molecule has 0 bridgehead atoms. The molecule has 0 amide bonds. The molecule has 0 radical (unpaired) electrons. The van der Waals surface area contributed by atoms with Crippen molar-refractivity contribution >= 4 is 36.8 Å². The Labute approximate surface area is 254 Å². The molecule has 3 aromatic rings. The van der Waals surface area contributed by atoms with Crippen LogP contribution in [0.4, 0.5) is 0 Å². The third-order valence-electron chi connectivity index (χ3n) is 9.58. The molecule has 2 aliphatic rings. The van der Waals surface area contributed by atoms with Gasteiger partial charge in [0.25, 0.3) is 0 Å². The molecule has 2 heterocycles. The molecular formula is C36H46B2O4. The molecule has 0 aliphatic carbocycles. The van der Waals surface area contributed by atoms with Crippen molar-refractivity contribution in [1.82, 2.24) is 0 Å². The Bertz CT molecular complexity index is 1410. The van der Waals surface area contributed by atoms with Gasteiger partial charge in [0.15, 0.2) is 0 Å². The van der Waals surface area contributed by atoms with Gasteiger partial charge in [-0.05, 0) is 106 Å². The molecule has 2 fully saturated rings. The molecule has 0 saturated carbocycles. The van der Waals surface area contributed by atoms with Crippen molar-refractivity contribution in [3.05, 3.63) is 95.1 Å². The summed E-state index contributed by atoms with van der Waals surface area (Å²) < 4.78 is 25.1. The van der Waals surface area contributed by atoms with E-state index in [0.717, 1.165) is 27.6 Å². The topological polar surface area (TPSA) is 36.9 Å². The van der Waals surface area contributed by atoms with Crippen molar-refractivity contribution < 1.29 is 18.6 Å². The van der Waals surface area contributed by atoms with Crippen molar-refractivity contribution in [2.75, 3.05) is 0 Å². The molecular weight excluding hydrogens is 518 g/mol. The average molecular weight is 564 g/mol. The second-order valence-electron chi connectivity index (χ2n) is 14.9. The van der Waals surface area contributed by atoms with Crippen molar-refractivity contribution in [3.8, 4) is 0 Å².